The zero-order chi connectivity index (χ0) is 20.6. The third kappa shape index (κ3) is 7.58. The number of nitrogens with zero attached hydrogens (tertiary/aromatic N) is 6. The van der Waals surface area contributed by atoms with Gasteiger partial charge in [-0.15, -0.1) is 10.2 Å². The lowest BCUT2D eigenvalue weighted by Crippen LogP contribution is -2.15. The topological polar surface area (TPSA) is 136 Å². The third-order valence-corrected chi connectivity index (χ3v) is 6.79. The molecule has 0 unspecified atom stereocenters. The highest BCUT2D eigenvalue weighted by Gasteiger charge is 2.12. The van der Waals surface area contributed by atoms with Crippen molar-refractivity contribution >= 4 is 90.4 Å². The summed E-state index contributed by atoms with van der Waals surface area (Å²) in [5.41, 5.74) is 0. The summed E-state index contributed by atoms with van der Waals surface area (Å²) in [5.74, 6) is 0.229. The first-order valence-electron chi connectivity index (χ1n) is 7.62. The van der Waals surface area contributed by atoms with Crippen LogP contribution in [0.15, 0.2) is 42.4 Å². The summed E-state index contributed by atoms with van der Waals surface area (Å²) in [4.78, 5) is 39.8. The van der Waals surface area contributed by atoms with E-state index in [9.17, 15) is 9.59 Å². The molecule has 2 N–H and O–H groups in total. The number of carbonyl (C=O) groups is 2. The summed E-state index contributed by atoms with van der Waals surface area (Å²) < 4.78 is 2.69. The number of anilines is 2. The smallest absolute Gasteiger partial charge is 0.237 e. The van der Waals surface area contributed by atoms with Gasteiger partial charge in [-0.1, -0.05) is 34.9 Å². The van der Waals surface area contributed by atoms with E-state index in [1.54, 1.807) is 24.8 Å². The predicted octanol–water partition coefficient (Wildman–Crippen LogP) is 3.10. The lowest BCUT2D eigenvalue weighted by Gasteiger charge is -2.02. The summed E-state index contributed by atoms with van der Waals surface area (Å²) in [5, 5.41) is 13.2. The van der Waals surface area contributed by atoms with E-state index in [0.717, 1.165) is 8.95 Å². The van der Waals surface area contributed by atoms with Crippen molar-refractivity contribution in [3.8, 4) is 0 Å². The van der Waals surface area contributed by atoms with Gasteiger partial charge in [0.25, 0.3) is 0 Å². The van der Waals surface area contributed by atoms with Crippen LogP contribution in [0.2, 0.25) is 0 Å². The summed E-state index contributed by atoms with van der Waals surface area (Å²) in [6.07, 6.45) is 6.18. The molecule has 0 aliphatic carbocycles. The maximum absolute atomic E-state index is 11.9. The van der Waals surface area contributed by atoms with Crippen molar-refractivity contribution in [1.29, 1.82) is 0 Å². The molecule has 29 heavy (non-hydrogen) atoms. The summed E-state index contributed by atoms with van der Waals surface area (Å²) in [7, 11) is 0. The molecule has 150 valence electrons. The maximum Gasteiger partial charge on any atom is 0.237 e. The molecule has 3 aromatic heterocycles. The minimum atomic E-state index is -0.254. The fourth-order valence-electron chi connectivity index (χ4n) is 1.64. The molecule has 3 rings (SSSR count). The van der Waals surface area contributed by atoms with Crippen LogP contribution in [0.1, 0.15) is 0 Å². The Bertz CT molecular complexity index is 909. The van der Waals surface area contributed by atoms with Gasteiger partial charge in [-0.2, -0.15) is 0 Å². The second kappa shape index (κ2) is 10.9. The highest BCUT2D eigenvalue weighted by atomic mass is 79.9. The Balaban J connectivity index is 1.40. The monoisotopic (exact) mass is 576 g/mol. The van der Waals surface area contributed by atoms with Gasteiger partial charge in [-0.3, -0.25) is 20.2 Å². The molecular formula is C14H10Br2N8O2S3. The Morgan fingerprint density at radius 1 is 0.793 bits per heavy atom. The Morgan fingerprint density at radius 2 is 1.17 bits per heavy atom. The quantitative estimate of drug-likeness (QED) is 0.384. The summed E-state index contributed by atoms with van der Waals surface area (Å²) in [6.45, 7) is 0. The molecule has 0 radical (unpaired) electrons. The van der Waals surface area contributed by atoms with Gasteiger partial charge in [0.1, 0.15) is 0 Å². The largest absolute Gasteiger partial charge is 0.294 e. The number of nitrogens with one attached hydrogen (secondary N) is 2. The molecule has 3 aromatic rings. The second-order valence-electron chi connectivity index (χ2n) is 4.96. The average molecular weight is 578 g/mol. The van der Waals surface area contributed by atoms with Crippen molar-refractivity contribution < 1.29 is 9.59 Å². The molecule has 0 spiro atoms. The fraction of sp³-hybridized carbons (Fsp3) is 0.143. The van der Waals surface area contributed by atoms with Crippen LogP contribution < -0.4 is 10.6 Å². The molecule has 10 nitrogen and oxygen atoms in total. The van der Waals surface area contributed by atoms with Crippen LogP contribution in [0.25, 0.3) is 0 Å². The van der Waals surface area contributed by atoms with Crippen LogP contribution >= 0.6 is 66.7 Å². The van der Waals surface area contributed by atoms with E-state index in [0.29, 0.717) is 8.68 Å². The minimum Gasteiger partial charge on any atom is -0.294 e. The molecular weight excluding hydrogens is 568 g/mol. The van der Waals surface area contributed by atoms with Crippen LogP contribution in [-0.4, -0.2) is 53.5 Å². The molecule has 0 fully saturated rings. The molecule has 2 amide bonds. The molecule has 15 heteroatoms. The van der Waals surface area contributed by atoms with E-state index in [4.69, 9.17) is 0 Å². The molecule has 0 aromatic carbocycles. The van der Waals surface area contributed by atoms with Gasteiger partial charge in [-0.25, -0.2) is 19.9 Å². The zero-order valence-electron chi connectivity index (χ0n) is 14.2. The van der Waals surface area contributed by atoms with E-state index < -0.39 is 0 Å². The van der Waals surface area contributed by atoms with Gasteiger partial charge >= 0.3 is 0 Å². The molecule has 0 aliphatic rings. The SMILES string of the molecule is O=C(CSc1nnc(SCC(=O)Nc2ncc(Br)cn2)s1)Nc1ncc(Br)cn1. The zero-order valence-corrected chi connectivity index (χ0v) is 19.8. The van der Waals surface area contributed by atoms with Gasteiger partial charge in [0, 0.05) is 24.8 Å². The summed E-state index contributed by atoms with van der Waals surface area (Å²) in [6, 6.07) is 0. The van der Waals surface area contributed by atoms with E-state index in [1.165, 1.54) is 34.9 Å². The Kier molecular flexibility index (Phi) is 8.29. The number of aromatic nitrogens is 6. The fourth-order valence-corrected chi connectivity index (χ4v) is 4.67. The number of halogens is 2. The molecule has 0 saturated carbocycles. The minimum absolute atomic E-state index is 0.139. The number of carbonyl (C=O) groups excluding carboxylic acids is 2. The molecule has 3 heterocycles. The van der Waals surface area contributed by atoms with Gasteiger partial charge in [0.05, 0.1) is 20.5 Å². The van der Waals surface area contributed by atoms with Crippen molar-refractivity contribution in [3.63, 3.8) is 0 Å². The molecule has 0 bridgehead atoms. The first-order valence-corrected chi connectivity index (χ1v) is 12.0. The number of amides is 2. The van der Waals surface area contributed by atoms with Crippen LogP contribution in [0, 0.1) is 0 Å². The van der Waals surface area contributed by atoms with E-state index in [1.807, 2.05) is 0 Å². The molecule has 0 saturated heterocycles. The first-order chi connectivity index (χ1) is 14.0. The summed E-state index contributed by atoms with van der Waals surface area (Å²) >= 11 is 10.2. The van der Waals surface area contributed by atoms with Crippen LogP contribution in [0.3, 0.4) is 0 Å². The van der Waals surface area contributed by atoms with E-state index in [-0.39, 0.29) is 35.2 Å². The van der Waals surface area contributed by atoms with Crippen molar-refractivity contribution in [2.75, 3.05) is 22.1 Å². The van der Waals surface area contributed by atoms with E-state index in [2.05, 4.69) is 72.6 Å². The standard InChI is InChI=1S/C14H10Br2N8O2S3/c15-7-1-17-11(18-2-7)21-9(25)5-27-13-23-24-14(29-13)28-6-10(26)22-12-19-3-8(16)4-20-12/h1-4H,5-6H2,(H,17,18,21,25)(H,19,20,22,26). The van der Waals surface area contributed by atoms with Crippen LogP contribution in [-0.2, 0) is 9.59 Å². The van der Waals surface area contributed by atoms with Crippen molar-refractivity contribution in [1.82, 2.24) is 30.1 Å². The lowest BCUT2D eigenvalue weighted by atomic mass is 10.6. The average Bonchev–Trinajstić information content (AvgIpc) is 3.16. The van der Waals surface area contributed by atoms with Crippen molar-refractivity contribution in [2.24, 2.45) is 0 Å². The van der Waals surface area contributed by atoms with Crippen LogP contribution in [0.5, 0.6) is 0 Å². The Hall–Kier alpha value is -1.68. The van der Waals surface area contributed by atoms with Gasteiger partial charge < -0.3 is 0 Å². The van der Waals surface area contributed by atoms with E-state index >= 15 is 0 Å². The third-order valence-electron chi connectivity index (χ3n) is 2.78. The maximum atomic E-state index is 11.9. The molecule has 0 aliphatic heterocycles. The van der Waals surface area contributed by atoms with Crippen molar-refractivity contribution in [2.45, 2.75) is 8.68 Å². The normalized spacial score (nSPS) is 10.6. The number of hydrogen-bond acceptors (Lipinski definition) is 11. The first kappa shape index (κ1) is 22.0. The predicted molar refractivity (Wildman–Crippen MR) is 118 cm³/mol. The second-order valence-corrected chi connectivity index (χ2v) is 10.2. The van der Waals surface area contributed by atoms with Crippen molar-refractivity contribution in [3.05, 3.63) is 33.7 Å². The highest BCUT2D eigenvalue weighted by molar-refractivity contribution is 9.10. The van der Waals surface area contributed by atoms with Gasteiger partial charge in [-0.05, 0) is 31.9 Å². The van der Waals surface area contributed by atoms with Gasteiger partial charge in [0.2, 0.25) is 23.7 Å². The van der Waals surface area contributed by atoms with Gasteiger partial charge in [0.15, 0.2) is 8.68 Å². The van der Waals surface area contributed by atoms with Crippen LogP contribution in [0.4, 0.5) is 11.9 Å². The Morgan fingerprint density at radius 3 is 1.55 bits per heavy atom. The highest BCUT2D eigenvalue weighted by Crippen LogP contribution is 2.28. The Labute approximate surface area is 193 Å². The number of rotatable bonds is 8. The number of thioether (sulfide) groups is 2. The molecule has 0 atom stereocenters. The number of hydrogen-bond donors (Lipinski definition) is 2. The lowest BCUT2D eigenvalue weighted by molar-refractivity contribution is -0.114.